The van der Waals surface area contributed by atoms with Crippen molar-refractivity contribution in [1.82, 2.24) is 0 Å². The van der Waals surface area contributed by atoms with E-state index >= 15 is 0 Å². The van der Waals surface area contributed by atoms with E-state index < -0.39 is 10.0 Å². The second-order valence-corrected chi connectivity index (χ2v) is 8.54. The minimum atomic E-state index is -3.54. The normalized spacial score (nSPS) is 14.2. The molecule has 1 N–H and O–H groups in total. The van der Waals surface area contributed by atoms with Crippen LogP contribution >= 0.6 is 11.6 Å². The minimum Gasteiger partial charge on any atom is -0.312 e. The van der Waals surface area contributed by atoms with Gasteiger partial charge >= 0.3 is 0 Å². The number of amides is 1. The molecule has 7 heteroatoms. The lowest BCUT2D eigenvalue weighted by atomic mass is 10.0. The van der Waals surface area contributed by atoms with E-state index in [0.29, 0.717) is 35.7 Å². The quantitative estimate of drug-likeness (QED) is 0.808. The maximum Gasteiger partial charge on any atom is 0.236 e. The monoisotopic (exact) mass is 392 g/mol. The Balaban J connectivity index is 1.78. The Morgan fingerprint density at radius 3 is 2.54 bits per heavy atom. The summed E-state index contributed by atoms with van der Waals surface area (Å²) in [7, 11) is -3.54. The van der Waals surface area contributed by atoms with Crippen LogP contribution < -0.4 is 9.62 Å². The number of halogens is 1. The smallest absolute Gasteiger partial charge is 0.236 e. The average Bonchev–Trinajstić information content (AvgIpc) is 2.59. The SMILES string of the molecule is CCCN1C(=O)CCc2cc(NS(=O)(=O)Cc3ccc(Cl)cc3)ccc21. The highest BCUT2D eigenvalue weighted by molar-refractivity contribution is 7.91. The number of nitrogens with zero attached hydrogens (tertiary/aromatic N) is 1. The molecule has 0 radical (unpaired) electrons. The molecule has 0 aliphatic carbocycles. The van der Waals surface area contributed by atoms with Crippen molar-refractivity contribution < 1.29 is 13.2 Å². The first-order valence-electron chi connectivity index (χ1n) is 8.56. The number of benzene rings is 2. The lowest BCUT2D eigenvalue weighted by Crippen LogP contribution is -2.35. The van der Waals surface area contributed by atoms with Gasteiger partial charge < -0.3 is 4.90 Å². The van der Waals surface area contributed by atoms with Gasteiger partial charge in [-0.1, -0.05) is 30.7 Å². The van der Waals surface area contributed by atoms with Crippen LogP contribution in [-0.2, 0) is 27.0 Å². The van der Waals surface area contributed by atoms with E-state index in [4.69, 9.17) is 11.6 Å². The van der Waals surface area contributed by atoms with Gasteiger partial charge in [0.25, 0.3) is 0 Å². The summed E-state index contributed by atoms with van der Waals surface area (Å²) in [4.78, 5) is 13.9. The van der Waals surface area contributed by atoms with E-state index in [1.807, 2.05) is 19.1 Å². The van der Waals surface area contributed by atoms with E-state index in [-0.39, 0.29) is 11.7 Å². The van der Waals surface area contributed by atoms with Crippen molar-refractivity contribution in [3.8, 4) is 0 Å². The minimum absolute atomic E-state index is 0.121. The van der Waals surface area contributed by atoms with Crippen LogP contribution in [0, 0.1) is 0 Å². The molecule has 0 saturated carbocycles. The van der Waals surface area contributed by atoms with Crippen molar-refractivity contribution in [2.75, 3.05) is 16.2 Å². The van der Waals surface area contributed by atoms with E-state index in [1.165, 1.54) is 0 Å². The maximum absolute atomic E-state index is 12.4. The Labute approximate surface area is 159 Å². The number of hydrogen-bond acceptors (Lipinski definition) is 3. The molecular formula is C19H21ClN2O3S. The summed E-state index contributed by atoms with van der Waals surface area (Å²) in [5, 5.41) is 0.569. The summed E-state index contributed by atoms with van der Waals surface area (Å²) in [6, 6.07) is 12.1. The first kappa shape index (κ1) is 18.7. The second kappa shape index (κ2) is 7.68. The van der Waals surface area contributed by atoms with Crippen molar-refractivity contribution in [2.45, 2.75) is 31.9 Å². The van der Waals surface area contributed by atoms with Crippen LogP contribution in [0.1, 0.15) is 30.9 Å². The van der Waals surface area contributed by atoms with Crippen molar-refractivity contribution in [3.05, 3.63) is 58.6 Å². The van der Waals surface area contributed by atoms with Crippen LogP contribution in [0.15, 0.2) is 42.5 Å². The standard InChI is InChI=1S/C19H21ClN2O3S/c1-2-11-22-18-9-8-17(12-15(18)5-10-19(22)23)21-26(24,25)13-14-3-6-16(20)7-4-14/h3-4,6-9,12,21H,2,5,10-11,13H2,1H3. The summed E-state index contributed by atoms with van der Waals surface area (Å²) >= 11 is 5.83. The second-order valence-electron chi connectivity index (χ2n) is 6.38. The highest BCUT2D eigenvalue weighted by Gasteiger charge is 2.24. The molecule has 0 unspecified atom stereocenters. The largest absolute Gasteiger partial charge is 0.312 e. The Morgan fingerprint density at radius 1 is 1.12 bits per heavy atom. The van der Waals surface area contributed by atoms with Crippen LogP contribution in [0.5, 0.6) is 0 Å². The van der Waals surface area contributed by atoms with Gasteiger partial charge in [0.05, 0.1) is 5.75 Å². The van der Waals surface area contributed by atoms with E-state index in [9.17, 15) is 13.2 Å². The van der Waals surface area contributed by atoms with Crippen molar-refractivity contribution in [3.63, 3.8) is 0 Å². The van der Waals surface area contributed by atoms with Crippen LogP contribution in [0.2, 0.25) is 5.02 Å². The highest BCUT2D eigenvalue weighted by Crippen LogP contribution is 2.31. The zero-order chi connectivity index (χ0) is 18.7. The van der Waals surface area contributed by atoms with Gasteiger partial charge in [0.2, 0.25) is 15.9 Å². The van der Waals surface area contributed by atoms with E-state index in [2.05, 4.69) is 4.72 Å². The summed E-state index contributed by atoms with van der Waals surface area (Å²) in [5.41, 5.74) is 3.05. The van der Waals surface area contributed by atoms with E-state index in [0.717, 1.165) is 17.7 Å². The van der Waals surface area contributed by atoms with Crippen molar-refractivity contribution in [1.29, 1.82) is 0 Å². The van der Waals surface area contributed by atoms with E-state index in [1.54, 1.807) is 35.2 Å². The van der Waals surface area contributed by atoms with Gasteiger partial charge in [-0.2, -0.15) is 0 Å². The number of carbonyl (C=O) groups excluding carboxylic acids is 1. The molecule has 0 aromatic heterocycles. The van der Waals surface area contributed by atoms with Gasteiger partial charge in [-0.3, -0.25) is 9.52 Å². The molecule has 26 heavy (non-hydrogen) atoms. The van der Waals surface area contributed by atoms with Gasteiger partial charge in [0.1, 0.15) is 0 Å². The third-order valence-corrected chi connectivity index (χ3v) is 5.78. The summed E-state index contributed by atoms with van der Waals surface area (Å²) < 4.78 is 27.5. The zero-order valence-corrected chi connectivity index (χ0v) is 16.1. The van der Waals surface area contributed by atoms with Gasteiger partial charge in [-0.25, -0.2) is 8.42 Å². The third-order valence-electron chi connectivity index (χ3n) is 4.27. The molecule has 1 aliphatic rings. The third kappa shape index (κ3) is 4.37. The lowest BCUT2D eigenvalue weighted by Gasteiger charge is -2.29. The van der Waals surface area contributed by atoms with Crippen LogP contribution in [0.3, 0.4) is 0 Å². The molecule has 138 valence electrons. The molecule has 1 aliphatic heterocycles. The Bertz CT molecular complexity index is 911. The predicted octanol–water partition coefficient (Wildman–Crippen LogP) is 3.97. The van der Waals surface area contributed by atoms with Gasteiger partial charge in [0.15, 0.2) is 0 Å². The molecule has 0 atom stereocenters. The molecule has 0 bridgehead atoms. The number of carbonyl (C=O) groups is 1. The fourth-order valence-electron chi connectivity index (χ4n) is 3.11. The number of sulfonamides is 1. The number of fused-ring (bicyclic) bond motifs is 1. The average molecular weight is 393 g/mol. The molecule has 2 aromatic carbocycles. The molecule has 0 spiro atoms. The Morgan fingerprint density at radius 2 is 1.85 bits per heavy atom. The van der Waals surface area contributed by atoms with Gasteiger partial charge in [0, 0.05) is 29.4 Å². The molecule has 3 rings (SSSR count). The molecular weight excluding hydrogens is 372 g/mol. The maximum atomic E-state index is 12.4. The van der Waals surface area contributed by atoms with Gasteiger partial charge in [-0.15, -0.1) is 0 Å². The molecule has 5 nitrogen and oxygen atoms in total. The van der Waals surface area contributed by atoms with Gasteiger partial charge in [-0.05, 0) is 54.3 Å². The van der Waals surface area contributed by atoms with Crippen molar-refractivity contribution >= 4 is 38.9 Å². The number of anilines is 2. The van der Waals surface area contributed by atoms with Crippen LogP contribution in [0.4, 0.5) is 11.4 Å². The Hall–Kier alpha value is -2.05. The molecule has 1 heterocycles. The summed E-state index contributed by atoms with van der Waals surface area (Å²) in [5.74, 6) is -0.00256. The zero-order valence-electron chi connectivity index (χ0n) is 14.5. The topological polar surface area (TPSA) is 66.5 Å². The molecule has 1 amide bonds. The van der Waals surface area contributed by atoms with Crippen LogP contribution in [-0.4, -0.2) is 20.9 Å². The molecule has 2 aromatic rings. The fraction of sp³-hybridized carbons (Fsp3) is 0.316. The van der Waals surface area contributed by atoms with Crippen LogP contribution in [0.25, 0.3) is 0 Å². The number of rotatable bonds is 6. The first-order valence-corrected chi connectivity index (χ1v) is 10.6. The highest BCUT2D eigenvalue weighted by atomic mass is 35.5. The molecule has 0 fully saturated rings. The first-order chi connectivity index (χ1) is 12.4. The Kier molecular flexibility index (Phi) is 5.53. The number of hydrogen-bond donors (Lipinski definition) is 1. The number of aryl methyl sites for hydroxylation is 1. The predicted molar refractivity (Wildman–Crippen MR) is 105 cm³/mol. The van der Waals surface area contributed by atoms with Crippen molar-refractivity contribution in [2.24, 2.45) is 0 Å². The summed E-state index contributed by atoms with van der Waals surface area (Å²) in [6.45, 7) is 2.70. The fourth-order valence-corrected chi connectivity index (χ4v) is 4.42. The lowest BCUT2D eigenvalue weighted by molar-refractivity contribution is -0.118. The summed E-state index contributed by atoms with van der Waals surface area (Å²) in [6.07, 6.45) is 1.95. The number of nitrogens with one attached hydrogen (secondary N) is 1. The molecule has 0 saturated heterocycles.